The molecule has 1 aliphatic rings. The third kappa shape index (κ3) is 6.55. The quantitative estimate of drug-likeness (QED) is 0.558. The summed E-state index contributed by atoms with van der Waals surface area (Å²) in [6, 6.07) is 5.18. The minimum atomic E-state index is -0.607. The molecule has 0 bridgehead atoms. The van der Waals surface area contributed by atoms with Gasteiger partial charge in [0, 0.05) is 31.6 Å². The molecule has 0 aromatic heterocycles. The average molecular weight is 420 g/mol. The van der Waals surface area contributed by atoms with Crippen molar-refractivity contribution >= 4 is 18.1 Å². The highest BCUT2D eigenvalue weighted by atomic mass is 16.5. The number of nitrogens with zero attached hydrogens (tertiary/aromatic N) is 2. The minimum Gasteiger partial charge on any atom is -0.492 e. The Hall–Kier alpha value is -2.41. The molecule has 2 atom stereocenters. The maximum atomic E-state index is 12.7. The molecule has 0 aliphatic carbocycles. The molecule has 1 heterocycles. The van der Waals surface area contributed by atoms with Gasteiger partial charge in [0.05, 0.1) is 6.04 Å². The molecule has 7 heteroatoms. The molecular weight excluding hydrogens is 382 g/mol. The largest absolute Gasteiger partial charge is 0.492 e. The van der Waals surface area contributed by atoms with Crippen LogP contribution in [0.3, 0.4) is 0 Å². The van der Waals surface area contributed by atoms with Gasteiger partial charge in [0.15, 0.2) is 0 Å². The smallest absolute Gasteiger partial charge is 0.255 e. The van der Waals surface area contributed by atoms with Gasteiger partial charge in [0.25, 0.3) is 5.91 Å². The number of carbonyl (C=O) groups excluding carboxylic acids is 3. The van der Waals surface area contributed by atoms with Gasteiger partial charge in [0.1, 0.15) is 18.6 Å². The van der Waals surface area contributed by atoms with Crippen molar-refractivity contribution < 1.29 is 19.1 Å². The number of likely N-dealkylation sites (N-methyl/N-ethyl adjacent to an activating group) is 1. The molecule has 0 saturated carbocycles. The lowest BCUT2D eigenvalue weighted by atomic mass is 10.1. The second-order valence-electron chi connectivity index (χ2n) is 7.11. The van der Waals surface area contributed by atoms with Crippen molar-refractivity contribution in [3.63, 3.8) is 0 Å². The van der Waals surface area contributed by atoms with Crippen molar-refractivity contribution in [2.24, 2.45) is 0 Å². The number of rotatable bonds is 11. The Morgan fingerprint density at radius 2 is 2.03 bits per heavy atom. The lowest BCUT2D eigenvalue weighted by Crippen LogP contribution is -2.37. The summed E-state index contributed by atoms with van der Waals surface area (Å²) in [5, 5.41) is 2.53. The highest BCUT2D eigenvalue weighted by molar-refractivity contribution is 5.99. The summed E-state index contributed by atoms with van der Waals surface area (Å²) >= 11 is 0. The van der Waals surface area contributed by atoms with Gasteiger partial charge in [0.2, 0.25) is 5.91 Å². The van der Waals surface area contributed by atoms with E-state index in [4.69, 9.17) is 4.74 Å². The van der Waals surface area contributed by atoms with Crippen LogP contribution in [-0.2, 0) is 16.1 Å². The molecule has 0 radical (unpaired) electrons. The molecule has 7 nitrogen and oxygen atoms in total. The van der Waals surface area contributed by atoms with Gasteiger partial charge in [-0.25, -0.2) is 0 Å². The summed E-state index contributed by atoms with van der Waals surface area (Å²) in [4.78, 5) is 39.4. The highest BCUT2D eigenvalue weighted by Crippen LogP contribution is 2.29. The number of benzene rings is 1. The van der Waals surface area contributed by atoms with E-state index in [0.717, 1.165) is 30.6 Å². The monoisotopic (exact) mass is 419 g/mol. The van der Waals surface area contributed by atoms with Crippen LogP contribution in [0.1, 0.15) is 62.9 Å². The van der Waals surface area contributed by atoms with Crippen molar-refractivity contribution in [1.29, 1.82) is 0 Å². The van der Waals surface area contributed by atoms with Crippen LogP contribution < -0.4 is 10.1 Å². The van der Waals surface area contributed by atoms with Crippen molar-refractivity contribution in [2.75, 3.05) is 27.2 Å². The van der Waals surface area contributed by atoms with Crippen molar-refractivity contribution in [3.8, 4) is 5.75 Å². The number of amides is 2. The van der Waals surface area contributed by atoms with Crippen molar-refractivity contribution in [2.45, 2.75) is 65.6 Å². The predicted molar refractivity (Wildman–Crippen MR) is 119 cm³/mol. The lowest BCUT2D eigenvalue weighted by molar-refractivity contribution is -0.121. The van der Waals surface area contributed by atoms with E-state index in [0.29, 0.717) is 31.2 Å². The summed E-state index contributed by atoms with van der Waals surface area (Å²) < 4.78 is 5.96. The normalized spacial score (nSPS) is 14.5. The number of carbonyl (C=O) groups is 3. The first-order chi connectivity index (χ1) is 14.4. The van der Waals surface area contributed by atoms with Gasteiger partial charge >= 0.3 is 0 Å². The predicted octanol–water partition coefficient (Wildman–Crippen LogP) is 2.87. The number of fused-ring (bicyclic) bond motifs is 1. The van der Waals surface area contributed by atoms with Crippen LogP contribution >= 0.6 is 0 Å². The van der Waals surface area contributed by atoms with Crippen LogP contribution in [-0.4, -0.2) is 67.2 Å². The maximum Gasteiger partial charge on any atom is 0.255 e. The number of aldehydes is 1. The molecular formula is C23H37N3O4. The Labute approximate surface area is 180 Å². The Morgan fingerprint density at radius 3 is 2.60 bits per heavy atom. The minimum absolute atomic E-state index is 0.144. The third-order valence-electron chi connectivity index (χ3n) is 5.45. The standard InChI is InChI=1S/C21H31N3O4.C2H6/c1-5-16(23(4)6-2)14-28-18-8-9-19-15(11-18)12-24(21(19)27)17(13-25)7-10-20(26)22-3;1-2/h8-9,11,13,16-17H,5-7,10,12,14H2,1-4H3,(H,22,26);1-2H3. The van der Waals surface area contributed by atoms with E-state index in [2.05, 4.69) is 31.1 Å². The van der Waals surface area contributed by atoms with E-state index in [1.54, 1.807) is 19.2 Å². The summed E-state index contributed by atoms with van der Waals surface area (Å²) in [6.45, 7) is 10.2. The molecule has 168 valence electrons. The first-order valence-electron chi connectivity index (χ1n) is 10.9. The van der Waals surface area contributed by atoms with E-state index in [9.17, 15) is 14.4 Å². The summed E-state index contributed by atoms with van der Waals surface area (Å²) in [6.07, 6.45) is 2.26. The average Bonchev–Trinajstić information content (AvgIpc) is 3.11. The van der Waals surface area contributed by atoms with Crippen LogP contribution in [0.25, 0.3) is 0 Å². The van der Waals surface area contributed by atoms with E-state index < -0.39 is 6.04 Å². The zero-order chi connectivity index (χ0) is 22.7. The molecule has 1 N–H and O–H groups in total. The van der Waals surface area contributed by atoms with Gasteiger partial charge < -0.3 is 24.6 Å². The van der Waals surface area contributed by atoms with E-state index in [1.165, 1.54) is 4.90 Å². The lowest BCUT2D eigenvalue weighted by Gasteiger charge is -2.25. The second-order valence-corrected chi connectivity index (χ2v) is 7.11. The Morgan fingerprint density at radius 1 is 1.33 bits per heavy atom. The Kier molecular flexibility index (Phi) is 11.1. The van der Waals surface area contributed by atoms with Gasteiger partial charge in [-0.3, -0.25) is 9.59 Å². The number of hydrogen-bond acceptors (Lipinski definition) is 5. The first kappa shape index (κ1) is 25.6. The molecule has 30 heavy (non-hydrogen) atoms. The molecule has 1 aromatic carbocycles. The molecule has 1 aliphatic heterocycles. The fourth-order valence-corrected chi connectivity index (χ4v) is 3.39. The molecule has 0 spiro atoms. The molecule has 2 unspecified atom stereocenters. The number of nitrogens with one attached hydrogen (secondary N) is 1. The highest BCUT2D eigenvalue weighted by Gasteiger charge is 2.33. The summed E-state index contributed by atoms with van der Waals surface area (Å²) in [5.74, 6) is 0.409. The molecule has 2 rings (SSSR count). The molecule has 0 saturated heterocycles. The van der Waals surface area contributed by atoms with Gasteiger partial charge in [-0.1, -0.05) is 27.7 Å². The van der Waals surface area contributed by atoms with Crippen molar-refractivity contribution in [1.82, 2.24) is 15.1 Å². The van der Waals surface area contributed by atoms with E-state index >= 15 is 0 Å². The zero-order valence-electron chi connectivity index (χ0n) is 19.2. The molecule has 2 amide bonds. The van der Waals surface area contributed by atoms with E-state index in [-0.39, 0.29) is 18.2 Å². The van der Waals surface area contributed by atoms with Crippen LogP contribution in [0.2, 0.25) is 0 Å². The fraction of sp³-hybridized carbons (Fsp3) is 0.609. The van der Waals surface area contributed by atoms with Gasteiger partial charge in [-0.15, -0.1) is 0 Å². The van der Waals surface area contributed by atoms with E-state index in [1.807, 2.05) is 19.9 Å². The zero-order valence-corrected chi connectivity index (χ0v) is 19.2. The first-order valence-corrected chi connectivity index (χ1v) is 10.9. The third-order valence-corrected chi connectivity index (χ3v) is 5.45. The van der Waals surface area contributed by atoms with Crippen molar-refractivity contribution in [3.05, 3.63) is 29.3 Å². The number of ether oxygens (including phenoxy) is 1. The summed E-state index contributed by atoms with van der Waals surface area (Å²) in [7, 11) is 3.63. The number of hydrogen-bond donors (Lipinski definition) is 1. The molecule has 1 aromatic rings. The fourth-order valence-electron chi connectivity index (χ4n) is 3.39. The van der Waals surface area contributed by atoms with Crippen LogP contribution in [0.4, 0.5) is 0 Å². The van der Waals surface area contributed by atoms with Gasteiger partial charge in [-0.05, 0) is 50.2 Å². The molecule has 0 fully saturated rings. The topological polar surface area (TPSA) is 79.0 Å². The SMILES string of the molecule is CC.CCC(COc1ccc2c(c1)CN(C(C=O)CCC(=O)NC)C2=O)N(C)CC. The Bertz CT molecular complexity index is 708. The van der Waals surface area contributed by atoms with Crippen LogP contribution in [0.5, 0.6) is 5.75 Å². The second kappa shape index (κ2) is 13.0. The van der Waals surface area contributed by atoms with Gasteiger partial charge in [-0.2, -0.15) is 0 Å². The Balaban J connectivity index is 0.00000218. The maximum absolute atomic E-state index is 12.7. The van der Waals surface area contributed by atoms with Crippen LogP contribution in [0, 0.1) is 0 Å². The van der Waals surface area contributed by atoms with Crippen LogP contribution in [0.15, 0.2) is 18.2 Å². The summed E-state index contributed by atoms with van der Waals surface area (Å²) in [5.41, 5.74) is 1.45.